The van der Waals surface area contributed by atoms with Gasteiger partial charge in [0, 0.05) is 18.5 Å². The molecule has 0 bridgehead atoms. The fourth-order valence-corrected chi connectivity index (χ4v) is 4.05. The number of hydrogen-bond donors (Lipinski definition) is 2. The first-order valence-electron chi connectivity index (χ1n) is 10.2. The summed E-state index contributed by atoms with van der Waals surface area (Å²) >= 11 is 0. The average Bonchev–Trinajstić information content (AvgIpc) is 3.16. The van der Waals surface area contributed by atoms with Crippen molar-refractivity contribution in [3.05, 3.63) is 29.6 Å². The zero-order valence-corrected chi connectivity index (χ0v) is 16.0. The second-order valence-electron chi connectivity index (χ2n) is 7.69. The molecule has 1 saturated carbocycles. The predicted octanol–water partition coefficient (Wildman–Crippen LogP) is 2.44. The molecule has 1 aliphatic heterocycles. The van der Waals surface area contributed by atoms with Gasteiger partial charge in [0.2, 0.25) is 5.91 Å². The van der Waals surface area contributed by atoms with Crippen LogP contribution < -0.4 is 10.1 Å². The Balaban J connectivity index is 1.23. The molecule has 2 aromatic rings. The van der Waals surface area contributed by atoms with E-state index in [2.05, 4.69) is 20.8 Å². The van der Waals surface area contributed by atoms with Crippen LogP contribution in [0.4, 0.5) is 5.69 Å². The SMILES string of the molecule is O=C1CCc2cc(OCCCCc3nnnn3[C@H]3CCC[C@@H](O)C3)ccc2N1. The highest BCUT2D eigenvalue weighted by atomic mass is 16.5. The number of tetrazole rings is 1. The number of unbranched alkanes of at least 4 members (excludes halogenated alkanes) is 1. The molecule has 2 N–H and O–H groups in total. The molecular weight excluding hydrogens is 358 g/mol. The van der Waals surface area contributed by atoms with Crippen LogP contribution in [-0.4, -0.2) is 43.9 Å². The van der Waals surface area contributed by atoms with Crippen LogP contribution >= 0.6 is 0 Å². The number of carbonyl (C=O) groups is 1. The molecule has 2 atom stereocenters. The van der Waals surface area contributed by atoms with Gasteiger partial charge in [-0.25, -0.2) is 4.68 Å². The number of carbonyl (C=O) groups excluding carboxylic acids is 1. The molecule has 0 unspecified atom stereocenters. The summed E-state index contributed by atoms with van der Waals surface area (Å²) < 4.78 is 7.78. The van der Waals surface area contributed by atoms with Gasteiger partial charge in [0.05, 0.1) is 18.8 Å². The second-order valence-corrected chi connectivity index (χ2v) is 7.69. The fourth-order valence-electron chi connectivity index (χ4n) is 4.05. The van der Waals surface area contributed by atoms with E-state index in [9.17, 15) is 9.90 Å². The van der Waals surface area contributed by atoms with Gasteiger partial charge in [0.1, 0.15) is 5.75 Å². The lowest BCUT2D eigenvalue weighted by Crippen LogP contribution is -2.24. The van der Waals surface area contributed by atoms with Crippen LogP contribution in [-0.2, 0) is 17.6 Å². The minimum atomic E-state index is -0.242. The third-order valence-electron chi connectivity index (χ3n) is 5.56. The number of ether oxygens (including phenoxy) is 1. The van der Waals surface area contributed by atoms with Crippen LogP contribution in [0.15, 0.2) is 18.2 Å². The van der Waals surface area contributed by atoms with Crippen molar-refractivity contribution in [3.63, 3.8) is 0 Å². The standard InChI is InChI=1S/C20H27N5O3/c26-16-5-3-4-15(13-16)25-19(22-23-24-25)6-1-2-11-28-17-8-9-18-14(12-17)7-10-20(27)21-18/h8-9,12,15-16,26H,1-7,10-11,13H2,(H,21,27)/t15-,16+/m0/s1. The van der Waals surface area contributed by atoms with E-state index in [-0.39, 0.29) is 18.1 Å². The molecule has 0 saturated heterocycles. The molecule has 1 aliphatic carbocycles. The van der Waals surface area contributed by atoms with Crippen LogP contribution in [0.3, 0.4) is 0 Å². The van der Waals surface area contributed by atoms with Crippen molar-refractivity contribution in [1.29, 1.82) is 0 Å². The fraction of sp³-hybridized carbons (Fsp3) is 0.600. The Morgan fingerprint density at radius 1 is 1.25 bits per heavy atom. The van der Waals surface area contributed by atoms with Gasteiger partial charge >= 0.3 is 0 Å². The summed E-state index contributed by atoms with van der Waals surface area (Å²) in [5, 5.41) is 24.9. The highest BCUT2D eigenvalue weighted by molar-refractivity contribution is 5.93. The molecule has 0 radical (unpaired) electrons. The maximum atomic E-state index is 11.4. The lowest BCUT2D eigenvalue weighted by atomic mass is 9.93. The van der Waals surface area contributed by atoms with Crippen molar-refractivity contribution >= 4 is 11.6 Å². The van der Waals surface area contributed by atoms with Gasteiger partial charge in [0.15, 0.2) is 5.82 Å². The van der Waals surface area contributed by atoms with Crippen molar-refractivity contribution in [2.45, 2.75) is 69.9 Å². The lowest BCUT2D eigenvalue weighted by Gasteiger charge is -2.26. The van der Waals surface area contributed by atoms with Crippen LogP contribution in [0.25, 0.3) is 0 Å². The normalized spacial score (nSPS) is 21.8. The summed E-state index contributed by atoms with van der Waals surface area (Å²) in [4.78, 5) is 11.4. The highest BCUT2D eigenvalue weighted by Gasteiger charge is 2.24. The zero-order chi connectivity index (χ0) is 19.3. The van der Waals surface area contributed by atoms with Crippen LogP contribution in [0.2, 0.25) is 0 Å². The third-order valence-corrected chi connectivity index (χ3v) is 5.56. The van der Waals surface area contributed by atoms with Crippen molar-refractivity contribution in [2.75, 3.05) is 11.9 Å². The number of anilines is 1. The molecular formula is C20H27N5O3. The second kappa shape index (κ2) is 8.68. The lowest BCUT2D eigenvalue weighted by molar-refractivity contribution is -0.116. The van der Waals surface area contributed by atoms with E-state index in [1.807, 2.05) is 22.9 Å². The summed E-state index contributed by atoms with van der Waals surface area (Å²) in [5.41, 5.74) is 2.02. The Bertz CT molecular complexity index is 822. The van der Waals surface area contributed by atoms with Crippen LogP contribution in [0.5, 0.6) is 5.75 Å². The number of nitrogens with zero attached hydrogens (tertiary/aromatic N) is 4. The minimum Gasteiger partial charge on any atom is -0.494 e. The number of benzene rings is 1. The summed E-state index contributed by atoms with van der Waals surface area (Å²) in [6, 6.07) is 6.04. The van der Waals surface area contributed by atoms with Crippen molar-refractivity contribution in [3.8, 4) is 5.75 Å². The number of rotatable bonds is 7. The maximum Gasteiger partial charge on any atom is 0.224 e. The summed E-state index contributed by atoms with van der Waals surface area (Å²) in [5.74, 6) is 1.81. The topological polar surface area (TPSA) is 102 Å². The number of aliphatic hydroxyl groups excluding tert-OH is 1. The molecule has 2 aliphatic rings. The van der Waals surface area contributed by atoms with Crippen LogP contribution in [0.1, 0.15) is 62.4 Å². The first-order valence-corrected chi connectivity index (χ1v) is 10.2. The smallest absolute Gasteiger partial charge is 0.224 e. The average molecular weight is 385 g/mol. The minimum absolute atomic E-state index is 0.0752. The molecule has 8 heteroatoms. The van der Waals surface area contributed by atoms with E-state index in [0.29, 0.717) is 13.0 Å². The molecule has 1 fully saturated rings. The molecule has 1 aromatic heterocycles. The van der Waals surface area contributed by atoms with Gasteiger partial charge in [0.25, 0.3) is 0 Å². The molecule has 0 spiro atoms. The van der Waals surface area contributed by atoms with Gasteiger partial charge in [-0.15, -0.1) is 5.10 Å². The van der Waals surface area contributed by atoms with E-state index in [1.165, 1.54) is 0 Å². The summed E-state index contributed by atoms with van der Waals surface area (Å²) in [6.45, 7) is 0.634. The van der Waals surface area contributed by atoms with Gasteiger partial charge < -0.3 is 15.2 Å². The monoisotopic (exact) mass is 385 g/mol. The third kappa shape index (κ3) is 4.49. The quantitative estimate of drug-likeness (QED) is 0.710. The number of amides is 1. The number of fused-ring (bicyclic) bond motifs is 1. The van der Waals surface area contributed by atoms with E-state index in [4.69, 9.17) is 4.74 Å². The summed E-state index contributed by atoms with van der Waals surface area (Å²) in [6.07, 6.45) is 7.36. The molecule has 4 rings (SSSR count). The van der Waals surface area contributed by atoms with Gasteiger partial charge in [-0.1, -0.05) is 0 Å². The molecule has 8 nitrogen and oxygen atoms in total. The van der Waals surface area contributed by atoms with E-state index in [0.717, 1.165) is 74.2 Å². The van der Waals surface area contributed by atoms with E-state index >= 15 is 0 Å². The summed E-state index contributed by atoms with van der Waals surface area (Å²) in [7, 11) is 0. The number of aromatic nitrogens is 4. The van der Waals surface area contributed by atoms with Gasteiger partial charge in [-0.3, -0.25) is 4.79 Å². The van der Waals surface area contributed by atoms with Gasteiger partial charge in [-0.2, -0.15) is 0 Å². The first-order chi connectivity index (χ1) is 13.7. The molecule has 1 amide bonds. The largest absolute Gasteiger partial charge is 0.494 e. The maximum absolute atomic E-state index is 11.4. The molecule has 2 heterocycles. The Kier molecular flexibility index (Phi) is 5.85. The Labute approximate surface area is 164 Å². The number of hydrogen-bond acceptors (Lipinski definition) is 6. The van der Waals surface area contributed by atoms with Crippen molar-refractivity contribution in [2.24, 2.45) is 0 Å². The van der Waals surface area contributed by atoms with Crippen molar-refractivity contribution in [1.82, 2.24) is 20.2 Å². The van der Waals surface area contributed by atoms with Gasteiger partial charge in [-0.05, 0) is 79.1 Å². The predicted molar refractivity (Wildman–Crippen MR) is 103 cm³/mol. The van der Waals surface area contributed by atoms with E-state index in [1.54, 1.807) is 0 Å². The molecule has 150 valence electrons. The highest BCUT2D eigenvalue weighted by Crippen LogP contribution is 2.29. The Morgan fingerprint density at radius 2 is 2.18 bits per heavy atom. The molecule has 28 heavy (non-hydrogen) atoms. The number of nitrogens with one attached hydrogen (secondary N) is 1. The Morgan fingerprint density at radius 3 is 3.07 bits per heavy atom. The Hall–Kier alpha value is -2.48. The number of aryl methyl sites for hydroxylation is 2. The molecule has 1 aromatic carbocycles. The van der Waals surface area contributed by atoms with E-state index < -0.39 is 0 Å². The van der Waals surface area contributed by atoms with Crippen LogP contribution in [0, 0.1) is 0 Å². The first kappa shape index (κ1) is 18.9. The zero-order valence-electron chi connectivity index (χ0n) is 16.0. The van der Waals surface area contributed by atoms with Crippen molar-refractivity contribution < 1.29 is 14.6 Å². The number of aliphatic hydroxyl groups is 1.